The van der Waals surface area contributed by atoms with Crippen LogP contribution in [0.2, 0.25) is 25.2 Å². The molecule has 1 aromatic rings. The van der Waals surface area contributed by atoms with E-state index in [1.807, 2.05) is 0 Å². The molecule has 0 spiro atoms. The predicted molar refractivity (Wildman–Crippen MR) is 60.9 cm³/mol. The third-order valence-electron chi connectivity index (χ3n) is 3.13. The summed E-state index contributed by atoms with van der Waals surface area (Å²) in [6.07, 6.45) is 1.44. The second kappa shape index (κ2) is 2.98. The van der Waals surface area contributed by atoms with Gasteiger partial charge in [0.15, 0.2) is 0 Å². The van der Waals surface area contributed by atoms with Crippen molar-refractivity contribution < 1.29 is 0 Å². The number of rotatable bonds is 2. The molecule has 0 radical (unpaired) electrons. The molecule has 0 heterocycles. The van der Waals surface area contributed by atoms with E-state index in [1.54, 1.807) is 5.56 Å². The summed E-state index contributed by atoms with van der Waals surface area (Å²) in [7, 11) is -0.869. The summed E-state index contributed by atoms with van der Waals surface area (Å²) in [6, 6.07) is 11.0. The van der Waals surface area contributed by atoms with Crippen LogP contribution in [-0.2, 0) is 0 Å². The Balaban J connectivity index is 2.09. The zero-order chi connectivity index (χ0) is 9.47. The Morgan fingerprint density at radius 3 is 2.15 bits per heavy atom. The van der Waals surface area contributed by atoms with Crippen LogP contribution in [0.3, 0.4) is 0 Å². The van der Waals surface area contributed by atoms with Crippen molar-refractivity contribution in [1.29, 1.82) is 0 Å². The topological polar surface area (TPSA) is 0 Å². The average Bonchev–Trinajstić information content (AvgIpc) is 2.83. The molecule has 0 nitrogen and oxygen atoms in total. The first kappa shape index (κ1) is 9.01. The number of benzene rings is 1. The minimum atomic E-state index is -0.869. The molecule has 2 rings (SSSR count). The van der Waals surface area contributed by atoms with Gasteiger partial charge >= 0.3 is 0 Å². The van der Waals surface area contributed by atoms with E-state index in [4.69, 9.17) is 0 Å². The minimum absolute atomic E-state index is 0.869. The second-order valence-electron chi connectivity index (χ2n) is 5.23. The molecule has 0 aromatic heterocycles. The van der Waals surface area contributed by atoms with Crippen molar-refractivity contribution in [3.05, 3.63) is 35.9 Å². The van der Waals surface area contributed by atoms with Gasteiger partial charge in [0.05, 0.1) is 0 Å². The molecule has 1 saturated carbocycles. The highest BCUT2D eigenvalue weighted by Crippen LogP contribution is 2.58. The summed E-state index contributed by atoms with van der Waals surface area (Å²) in [5.41, 5.74) is 2.60. The third-order valence-corrected chi connectivity index (χ3v) is 5.99. The lowest BCUT2D eigenvalue weighted by molar-refractivity contribution is 1.11. The maximum absolute atomic E-state index is 2.49. The van der Waals surface area contributed by atoms with Gasteiger partial charge in [-0.05, 0) is 23.4 Å². The van der Waals surface area contributed by atoms with E-state index >= 15 is 0 Å². The lowest BCUT2D eigenvalue weighted by atomic mass is 10.1. The smallest absolute Gasteiger partial charge is 0.0480 e. The molecule has 1 heteroatoms. The van der Waals surface area contributed by atoms with E-state index in [0.717, 1.165) is 11.5 Å². The van der Waals surface area contributed by atoms with E-state index in [1.165, 1.54) is 6.42 Å². The fourth-order valence-electron chi connectivity index (χ4n) is 2.22. The van der Waals surface area contributed by atoms with E-state index in [0.29, 0.717) is 0 Å². The Morgan fingerprint density at radius 2 is 1.69 bits per heavy atom. The molecule has 1 aliphatic carbocycles. The van der Waals surface area contributed by atoms with Crippen molar-refractivity contribution in [3.63, 3.8) is 0 Å². The maximum Gasteiger partial charge on any atom is 0.0480 e. The Kier molecular flexibility index (Phi) is 2.07. The summed E-state index contributed by atoms with van der Waals surface area (Å²) >= 11 is 0. The third kappa shape index (κ3) is 1.85. The van der Waals surface area contributed by atoms with Crippen LogP contribution in [0.4, 0.5) is 0 Å². The van der Waals surface area contributed by atoms with Crippen molar-refractivity contribution in [2.24, 2.45) is 0 Å². The summed E-state index contributed by atoms with van der Waals surface area (Å²) in [4.78, 5) is 0. The lowest BCUT2D eigenvalue weighted by Crippen LogP contribution is -2.20. The highest BCUT2D eigenvalue weighted by atomic mass is 28.3. The van der Waals surface area contributed by atoms with Crippen LogP contribution < -0.4 is 0 Å². The van der Waals surface area contributed by atoms with Crippen molar-refractivity contribution in [3.8, 4) is 0 Å². The largest absolute Gasteiger partial charge is 0.0693 e. The monoisotopic (exact) mass is 190 g/mol. The van der Waals surface area contributed by atoms with Gasteiger partial charge in [-0.2, -0.15) is 0 Å². The molecule has 1 aromatic carbocycles. The van der Waals surface area contributed by atoms with Gasteiger partial charge in [-0.25, -0.2) is 0 Å². The predicted octanol–water partition coefficient (Wildman–Crippen LogP) is 3.88. The standard InChI is InChI=1S/C12H18Si/c1-13(2,3)12-9-11(12)10-7-5-4-6-8-10/h4-8,11-12H,9H2,1-3H3/t11-,12+/m1/s1. The van der Waals surface area contributed by atoms with E-state index in [2.05, 4.69) is 50.0 Å². The molecule has 0 aliphatic heterocycles. The normalized spacial score (nSPS) is 27.3. The van der Waals surface area contributed by atoms with Crippen LogP contribution in [0.1, 0.15) is 17.9 Å². The second-order valence-corrected chi connectivity index (χ2v) is 10.7. The van der Waals surface area contributed by atoms with Crippen LogP contribution in [0, 0.1) is 0 Å². The van der Waals surface area contributed by atoms with E-state index < -0.39 is 8.07 Å². The Morgan fingerprint density at radius 1 is 1.08 bits per heavy atom. The molecular formula is C12H18Si. The fourth-order valence-corrected chi connectivity index (χ4v) is 4.58. The molecule has 0 saturated heterocycles. The first-order valence-corrected chi connectivity index (χ1v) is 8.72. The number of hydrogen-bond acceptors (Lipinski definition) is 0. The SMILES string of the molecule is C[Si](C)(C)[C@H]1C[C@@H]1c1ccccc1. The van der Waals surface area contributed by atoms with Gasteiger partial charge in [0.2, 0.25) is 0 Å². The molecule has 0 amide bonds. The van der Waals surface area contributed by atoms with Crippen molar-refractivity contribution >= 4 is 8.07 Å². The van der Waals surface area contributed by atoms with Gasteiger partial charge in [-0.3, -0.25) is 0 Å². The van der Waals surface area contributed by atoms with Crippen LogP contribution in [0.5, 0.6) is 0 Å². The first-order chi connectivity index (χ1) is 6.09. The average molecular weight is 190 g/mol. The Bertz CT molecular complexity index is 284. The van der Waals surface area contributed by atoms with Gasteiger partial charge in [0, 0.05) is 8.07 Å². The molecule has 13 heavy (non-hydrogen) atoms. The highest BCUT2D eigenvalue weighted by Gasteiger charge is 2.46. The van der Waals surface area contributed by atoms with E-state index in [-0.39, 0.29) is 0 Å². The molecule has 1 fully saturated rings. The van der Waals surface area contributed by atoms with Gasteiger partial charge in [-0.15, -0.1) is 0 Å². The highest BCUT2D eigenvalue weighted by molar-refractivity contribution is 6.78. The number of hydrogen-bond donors (Lipinski definition) is 0. The van der Waals surface area contributed by atoms with Crippen LogP contribution in [-0.4, -0.2) is 8.07 Å². The Hall–Kier alpha value is -0.563. The molecule has 1 aliphatic rings. The zero-order valence-electron chi connectivity index (χ0n) is 8.75. The van der Waals surface area contributed by atoms with Gasteiger partial charge in [0.25, 0.3) is 0 Å². The molecule has 0 unspecified atom stereocenters. The van der Waals surface area contributed by atoms with E-state index in [9.17, 15) is 0 Å². The summed E-state index contributed by atoms with van der Waals surface area (Å²) in [6.45, 7) is 7.46. The lowest BCUT2D eigenvalue weighted by Gasteiger charge is -2.15. The maximum atomic E-state index is 2.49. The summed E-state index contributed by atoms with van der Waals surface area (Å²) in [5.74, 6) is 0.896. The quantitative estimate of drug-likeness (QED) is 0.621. The summed E-state index contributed by atoms with van der Waals surface area (Å²) in [5, 5.41) is 0. The molecule has 0 N–H and O–H groups in total. The molecule has 70 valence electrons. The summed E-state index contributed by atoms with van der Waals surface area (Å²) < 4.78 is 0. The zero-order valence-corrected chi connectivity index (χ0v) is 9.75. The first-order valence-electron chi connectivity index (χ1n) is 5.14. The van der Waals surface area contributed by atoms with Crippen molar-refractivity contribution in [1.82, 2.24) is 0 Å². The van der Waals surface area contributed by atoms with Gasteiger partial charge < -0.3 is 0 Å². The van der Waals surface area contributed by atoms with Crippen LogP contribution >= 0.6 is 0 Å². The van der Waals surface area contributed by atoms with Crippen molar-refractivity contribution in [2.75, 3.05) is 0 Å². The fraction of sp³-hybridized carbons (Fsp3) is 0.500. The molecular weight excluding hydrogens is 172 g/mol. The molecule has 0 bridgehead atoms. The Labute approximate surface area is 82.0 Å². The van der Waals surface area contributed by atoms with Crippen LogP contribution in [0.25, 0.3) is 0 Å². The van der Waals surface area contributed by atoms with Crippen LogP contribution in [0.15, 0.2) is 30.3 Å². The van der Waals surface area contributed by atoms with Gasteiger partial charge in [0.1, 0.15) is 0 Å². The van der Waals surface area contributed by atoms with Crippen molar-refractivity contribution in [2.45, 2.75) is 37.5 Å². The van der Waals surface area contributed by atoms with Gasteiger partial charge in [-0.1, -0.05) is 50.0 Å². The minimum Gasteiger partial charge on any atom is -0.0693 e. The molecule has 2 atom stereocenters.